The van der Waals surface area contributed by atoms with Gasteiger partial charge in [0.1, 0.15) is 9.88 Å². The van der Waals surface area contributed by atoms with E-state index in [0.29, 0.717) is 16.3 Å². The van der Waals surface area contributed by atoms with Gasteiger partial charge in [0.15, 0.2) is 5.75 Å². The normalized spacial score (nSPS) is 10.7. The number of hydrogen-bond donors (Lipinski definition) is 1. The lowest BCUT2D eigenvalue weighted by molar-refractivity contribution is -0.386. The summed E-state index contributed by atoms with van der Waals surface area (Å²) in [4.78, 5) is 26.0. The van der Waals surface area contributed by atoms with Gasteiger partial charge in [0.2, 0.25) is 0 Å². The van der Waals surface area contributed by atoms with Gasteiger partial charge in [-0.05, 0) is 32.9 Å². The quantitative estimate of drug-likeness (QED) is 0.667. The Morgan fingerprint density at radius 2 is 2.14 bits per heavy atom. The number of aryl methyl sites for hydroxylation is 1. The molecule has 7 nitrogen and oxygen atoms in total. The van der Waals surface area contributed by atoms with Crippen LogP contribution in [-0.2, 0) is 0 Å². The highest BCUT2D eigenvalue weighted by atomic mass is 32.1. The SMILES string of the molecule is Cc1nc(-c2ccc(OC(C)C)c([N+](=O)[O-])c2)sc1C(=O)O. The molecule has 0 saturated heterocycles. The molecule has 0 amide bonds. The molecule has 0 fully saturated rings. The number of hydrogen-bond acceptors (Lipinski definition) is 6. The summed E-state index contributed by atoms with van der Waals surface area (Å²) in [6.45, 7) is 5.15. The second kappa shape index (κ2) is 6.10. The van der Waals surface area contributed by atoms with E-state index in [1.54, 1.807) is 26.8 Å². The molecule has 1 N–H and O–H groups in total. The minimum Gasteiger partial charge on any atom is -0.484 e. The fraction of sp³-hybridized carbons (Fsp3) is 0.286. The van der Waals surface area contributed by atoms with Crippen molar-refractivity contribution in [2.45, 2.75) is 26.9 Å². The van der Waals surface area contributed by atoms with Crippen molar-refractivity contribution in [1.29, 1.82) is 0 Å². The van der Waals surface area contributed by atoms with Gasteiger partial charge in [0.25, 0.3) is 0 Å². The molecule has 8 heteroatoms. The Morgan fingerprint density at radius 1 is 1.45 bits per heavy atom. The van der Waals surface area contributed by atoms with E-state index in [9.17, 15) is 14.9 Å². The van der Waals surface area contributed by atoms with Crippen molar-refractivity contribution in [2.24, 2.45) is 0 Å². The molecule has 1 heterocycles. The van der Waals surface area contributed by atoms with Crippen LogP contribution < -0.4 is 4.74 Å². The van der Waals surface area contributed by atoms with E-state index in [1.165, 1.54) is 12.1 Å². The Morgan fingerprint density at radius 3 is 2.64 bits per heavy atom. The van der Waals surface area contributed by atoms with Crippen molar-refractivity contribution >= 4 is 23.0 Å². The Labute approximate surface area is 130 Å². The number of carboxylic acid groups (broad SMARTS) is 1. The first kappa shape index (κ1) is 15.9. The largest absolute Gasteiger partial charge is 0.484 e. The van der Waals surface area contributed by atoms with Crippen LogP contribution in [0.5, 0.6) is 5.75 Å². The first-order valence-electron chi connectivity index (χ1n) is 6.45. The van der Waals surface area contributed by atoms with Crippen molar-refractivity contribution in [2.75, 3.05) is 0 Å². The first-order valence-corrected chi connectivity index (χ1v) is 7.27. The van der Waals surface area contributed by atoms with E-state index in [4.69, 9.17) is 9.84 Å². The predicted octanol–water partition coefficient (Wildman–Crippen LogP) is 3.51. The van der Waals surface area contributed by atoms with Gasteiger partial charge in [-0.3, -0.25) is 10.1 Å². The molecule has 116 valence electrons. The molecule has 0 aliphatic heterocycles. The molecule has 0 saturated carbocycles. The monoisotopic (exact) mass is 322 g/mol. The van der Waals surface area contributed by atoms with Crippen LogP contribution in [0.15, 0.2) is 18.2 Å². The number of nitro groups is 1. The maximum absolute atomic E-state index is 11.2. The molecule has 1 aromatic heterocycles. The molecule has 0 spiro atoms. The first-order chi connectivity index (χ1) is 10.3. The molecule has 0 radical (unpaired) electrons. The lowest BCUT2D eigenvalue weighted by atomic mass is 10.2. The van der Waals surface area contributed by atoms with Crippen molar-refractivity contribution in [3.63, 3.8) is 0 Å². The minimum absolute atomic E-state index is 0.125. The van der Waals surface area contributed by atoms with Crippen molar-refractivity contribution in [3.8, 4) is 16.3 Å². The zero-order valence-electron chi connectivity index (χ0n) is 12.2. The maximum Gasteiger partial charge on any atom is 0.347 e. The van der Waals surface area contributed by atoms with Gasteiger partial charge < -0.3 is 9.84 Å². The molecular formula is C14H14N2O5S. The second-order valence-corrected chi connectivity index (χ2v) is 5.84. The van der Waals surface area contributed by atoms with Crippen LogP contribution in [0, 0.1) is 17.0 Å². The Bertz CT molecular complexity index is 739. The second-order valence-electron chi connectivity index (χ2n) is 4.84. The van der Waals surface area contributed by atoms with Gasteiger partial charge in [-0.1, -0.05) is 0 Å². The van der Waals surface area contributed by atoms with E-state index < -0.39 is 10.9 Å². The summed E-state index contributed by atoms with van der Waals surface area (Å²) in [5, 5.41) is 20.7. The van der Waals surface area contributed by atoms with Gasteiger partial charge in [-0.15, -0.1) is 11.3 Å². The fourth-order valence-electron chi connectivity index (χ4n) is 1.87. The van der Waals surface area contributed by atoms with Crippen LogP contribution in [0.25, 0.3) is 10.6 Å². The number of aromatic nitrogens is 1. The number of thiazole rings is 1. The van der Waals surface area contributed by atoms with Gasteiger partial charge in [-0.2, -0.15) is 0 Å². The summed E-state index contributed by atoms with van der Waals surface area (Å²) < 4.78 is 5.41. The smallest absolute Gasteiger partial charge is 0.347 e. The highest BCUT2D eigenvalue weighted by Crippen LogP contribution is 2.35. The van der Waals surface area contributed by atoms with E-state index in [0.717, 1.165) is 11.3 Å². The summed E-state index contributed by atoms with van der Waals surface area (Å²) in [5.74, 6) is -0.883. The zero-order chi connectivity index (χ0) is 16.4. The molecular weight excluding hydrogens is 308 g/mol. The molecule has 0 aliphatic rings. The van der Waals surface area contributed by atoms with Crippen LogP contribution in [0.1, 0.15) is 29.2 Å². The summed E-state index contributed by atoms with van der Waals surface area (Å²) in [6, 6.07) is 4.49. The third-order valence-electron chi connectivity index (χ3n) is 2.76. The van der Waals surface area contributed by atoms with Crippen LogP contribution in [0.4, 0.5) is 5.69 Å². The van der Waals surface area contributed by atoms with Crippen molar-refractivity contribution < 1.29 is 19.6 Å². The third-order valence-corrected chi connectivity index (χ3v) is 3.95. The average Bonchev–Trinajstić information content (AvgIpc) is 2.80. The van der Waals surface area contributed by atoms with Crippen LogP contribution >= 0.6 is 11.3 Å². The van der Waals surface area contributed by atoms with E-state index in [-0.39, 0.29) is 22.4 Å². The number of nitrogens with zero attached hydrogens (tertiary/aromatic N) is 2. The van der Waals surface area contributed by atoms with Gasteiger partial charge >= 0.3 is 11.7 Å². The Kier molecular flexibility index (Phi) is 4.41. The maximum atomic E-state index is 11.2. The Balaban J connectivity index is 2.49. The number of nitro benzene ring substituents is 1. The number of carbonyl (C=O) groups is 1. The highest BCUT2D eigenvalue weighted by Gasteiger charge is 2.20. The van der Waals surface area contributed by atoms with Gasteiger partial charge in [-0.25, -0.2) is 9.78 Å². The molecule has 0 atom stereocenters. The van der Waals surface area contributed by atoms with Gasteiger partial charge in [0, 0.05) is 11.6 Å². The molecule has 0 aliphatic carbocycles. The third kappa shape index (κ3) is 3.22. The summed E-state index contributed by atoms with van der Waals surface area (Å²) in [5.41, 5.74) is 0.706. The molecule has 2 aromatic rings. The summed E-state index contributed by atoms with van der Waals surface area (Å²) >= 11 is 0.987. The number of benzene rings is 1. The molecule has 1 aromatic carbocycles. The van der Waals surface area contributed by atoms with Crippen molar-refractivity contribution in [3.05, 3.63) is 38.9 Å². The van der Waals surface area contributed by atoms with Crippen molar-refractivity contribution in [1.82, 2.24) is 4.98 Å². The average molecular weight is 322 g/mol. The number of aromatic carboxylic acids is 1. The lowest BCUT2D eigenvalue weighted by Gasteiger charge is -2.10. The van der Waals surface area contributed by atoms with Crippen LogP contribution in [-0.4, -0.2) is 27.1 Å². The summed E-state index contributed by atoms with van der Waals surface area (Å²) in [6.07, 6.45) is -0.190. The molecule has 22 heavy (non-hydrogen) atoms. The predicted molar refractivity (Wildman–Crippen MR) is 81.7 cm³/mol. The molecule has 0 unspecified atom stereocenters. The highest BCUT2D eigenvalue weighted by molar-refractivity contribution is 7.17. The molecule has 2 rings (SSSR count). The topological polar surface area (TPSA) is 103 Å². The number of rotatable bonds is 5. The number of ether oxygens (including phenoxy) is 1. The Hall–Kier alpha value is -2.48. The van der Waals surface area contributed by atoms with Crippen LogP contribution in [0.2, 0.25) is 0 Å². The lowest BCUT2D eigenvalue weighted by Crippen LogP contribution is -2.07. The standard InChI is InChI=1S/C14H14N2O5S/c1-7(2)21-11-5-4-9(6-10(11)16(19)20)13-15-8(3)12(22-13)14(17)18/h4-7H,1-3H3,(H,17,18). The van der Waals surface area contributed by atoms with E-state index >= 15 is 0 Å². The van der Waals surface area contributed by atoms with E-state index in [2.05, 4.69) is 4.98 Å². The van der Waals surface area contributed by atoms with E-state index in [1.807, 2.05) is 0 Å². The minimum atomic E-state index is -1.06. The zero-order valence-corrected chi connectivity index (χ0v) is 13.0. The fourth-order valence-corrected chi connectivity index (χ4v) is 2.77. The number of carboxylic acids is 1. The van der Waals surface area contributed by atoms with Gasteiger partial charge in [0.05, 0.1) is 16.7 Å². The van der Waals surface area contributed by atoms with Crippen LogP contribution in [0.3, 0.4) is 0 Å². The molecule has 0 bridgehead atoms. The summed E-state index contributed by atoms with van der Waals surface area (Å²) in [7, 11) is 0.